The average Bonchev–Trinajstić information content (AvgIpc) is 3.46. The molecular weight excluding hydrogens is 528 g/mol. The normalized spacial score (nSPS) is 18.2. The van der Waals surface area contributed by atoms with Crippen LogP contribution in [0.3, 0.4) is 0 Å². The van der Waals surface area contributed by atoms with Crippen molar-refractivity contribution in [3.05, 3.63) is 82.9 Å². The van der Waals surface area contributed by atoms with Gasteiger partial charge in [-0.25, -0.2) is 0 Å². The fraction of sp³-hybridized carbons (Fsp3) is 0.412. The van der Waals surface area contributed by atoms with Crippen LogP contribution in [-0.4, -0.2) is 56.1 Å². The number of hydrogen-bond donors (Lipinski definition) is 3. The third-order valence-corrected chi connectivity index (χ3v) is 8.11. The van der Waals surface area contributed by atoms with Gasteiger partial charge in [0.2, 0.25) is 11.8 Å². The van der Waals surface area contributed by atoms with Crippen LogP contribution >= 0.6 is 0 Å². The first-order chi connectivity index (χ1) is 20.3. The van der Waals surface area contributed by atoms with Crippen molar-refractivity contribution >= 4 is 23.2 Å². The minimum Gasteiger partial charge on any atom is -0.495 e. The highest BCUT2D eigenvalue weighted by atomic mass is 16.5. The van der Waals surface area contributed by atoms with E-state index in [2.05, 4.69) is 35.9 Å². The Labute approximate surface area is 248 Å². The lowest BCUT2D eigenvalue weighted by molar-refractivity contribution is -0.140. The standard InChI is InChI=1S/C34H42N4O4/c1-22(2)13-15-35-33(39)30-20-24-7-12-32(41-4)28(19-24)37-27-9-5-23(6-10-27)18-29(34(40)38(30)3)36-21-25-8-11-31-26(17-25)14-16-42-31/h5-12,17,19,22,29-30,36-37H,13-16,18,20-21H2,1-4H3,(H,35,39)/t29-,30-/m0/s1. The zero-order valence-corrected chi connectivity index (χ0v) is 25.0. The number of nitrogens with one attached hydrogen (secondary N) is 3. The molecule has 3 aromatic carbocycles. The fourth-order valence-electron chi connectivity index (χ4n) is 5.56. The number of benzene rings is 3. The number of fused-ring (bicyclic) bond motifs is 8. The third-order valence-electron chi connectivity index (χ3n) is 8.11. The lowest BCUT2D eigenvalue weighted by Gasteiger charge is -2.32. The Kier molecular flexibility index (Phi) is 9.32. The van der Waals surface area contributed by atoms with Crippen LogP contribution in [0.5, 0.6) is 11.5 Å². The summed E-state index contributed by atoms with van der Waals surface area (Å²) >= 11 is 0. The van der Waals surface area contributed by atoms with E-state index in [1.54, 1.807) is 19.1 Å². The Balaban J connectivity index is 1.45. The van der Waals surface area contributed by atoms with E-state index < -0.39 is 12.1 Å². The quantitative estimate of drug-likeness (QED) is 0.366. The zero-order chi connectivity index (χ0) is 29.6. The highest BCUT2D eigenvalue weighted by Crippen LogP contribution is 2.30. The fourth-order valence-corrected chi connectivity index (χ4v) is 5.56. The summed E-state index contributed by atoms with van der Waals surface area (Å²) in [6.45, 7) is 6.07. The van der Waals surface area contributed by atoms with Crippen LogP contribution in [0, 0.1) is 5.92 Å². The van der Waals surface area contributed by atoms with Crippen molar-refractivity contribution in [1.82, 2.24) is 15.5 Å². The van der Waals surface area contributed by atoms with Gasteiger partial charge < -0.3 is 30.3 Å². The van der Waals surface area contributed by atoms with Gasteiger partial charge in [-0.3, -0.25) is 9.59 Å². The maximum atomic E-state index is 14.2. The number of nitrogens with zero attached hydrogens (tertiary/aromatic N) is 1. The maximum absolute atomic E-state index is 14.2. The summed E-state index contributed by atoms with van der Waals surface area (Å²) in [5, 5.41) is 10.1. The first kappa shape index (κ1) is 29.5. The summed E-state index contributed by atoms with van der Waals surface area (Å²) in [6, 6.07) is 19.0. The number of likely N-dealkylation sites (N-methyl/N-ethyl adjacent to an activating group) is 1. The van der Waals surface area contributed by atoms with E-state index in [0.717, 1.165) is 46.7 Å². The second-order valence-corrected chi connectivity index (χ2v) is 11.7. The van der Waals surface area contributed by atoms with Crippen molar-refractivity contribution in [1.29, 1.82) is 0 Å². The smallest absolute Gasteiger partial charge is 0.243 e. The Bertz CT molecular complexity index is 1410. The number of methoxy groups -OCH3 is 1. The molecule has 8 nitrogen and oxygen atoms in total. The summed E-state index contributed by atoms with van der Waals surface area (Å²) in [6.07, 6.45) is 2.64. The van der Waals surface area contributed by atoms with Gasteiger partial charge in [-0.2, -0.15) is 0 Å². The molecule has 0 fully saturated rings. The molecule has 0 saturated carbocycles. The number of anilines is 2. The van der Waals surface area contributed by atoms with E-state index in [1.165, 1.54) is 5.56 Å². The van der Waals surface area contributed by atoms with Crippen molar-refractivity contribution in [2.75, 3.05) is 32.6 Å². The van der Waals surface area contributed by atoms with Crippen LogP contribution in [0.15, 0.2) is 60.7 Å². The van der Waals surface area contributed by atoms with Gasteiger partial charge in [0.25, 0.3) is 0 Å². The second kappa shape index (κ2) is 13.3. The second-order valence-electron chi connectivity index (χ2n) is 11.7. The van der Waals surface area contributed by atoms with Crippen LogP contribution in [-0.2, 0) is 35.4 Å². The molecule has 42 heavy (non-hydrogen) atoms. The molecule has 3 N–H and O–H groups in total. The summed E-state index contributed by atoms with van der Waals surface area (Å²) in [5.74, 6) is 1.85. The highest BCUT2D eigenvalue weighted by Gasteiger charge is 2.32. The van der Waals surface area contributed by atoms with Crippen LogP contribution in [0.4, 0.5) is 11.4 Å². The van der Waals surface area contributed by atoms with Crippen molar-refractivity contribution in [3.63, 3.8) is 0 Å². The molecule has 4 bridgehead atoms. The average molecular weight is 571 g/mol. The lowest BCUT2D eigenvalue weighted by Crippen LogP contribution is -2.54. The predicted molar refractivity (Wildman–Crippen MR) is 165 cm³/mol. The van der Waals surface area contributed by atoms with E-state index >= 15 is 0 Å². The number of amides is 2. The molecule has 0 unspecified atom stereocenters. The van der Waals surface area contributed by atoms with Gasteiger partial charge in [-0.15, -0.1) is 0 Å². The number of carbonyl (C=O) groups excluding carboxylic acids is 2. The van der Waals surface area contributed by atoms with Gasteiger partial charge in [0, 0.05) is 38.7 Å². The topological polar surface area (TPSA) is 91.9 Å². The molecule has 0 radical (unpaired) electrons. The molecule has 0 aromatic heterocycles. The molecule has 3 aliphatic heterocycles. The molecular formula is C34H42N4O4. The maximum Gasteiger partial charge on any atom is 0.243 e. The van der Waals surface area contributed by atoms with Crippen molar-refractivity contribution in [2.24, 2.45) is 5.92 Å². The summed E-state index contributed by atoms with van der Waals surface area (Å²) in [5.41, 5.74) is 5.99. The van der Waals surface area contributed by atoms with E-state index in [0.29, 0.717) is 44.2 Å². The molecule has 222 valence electrons. The monoisotopic (exact) mass is 570 g/mol. The van der Waals surface area contributed by atoms with E-state index in [1.807, 2.05) is 54.6 Å². The minimum atomic E-state index is -0.670. The zero-order valence-electron chi connectivity index (χ0n) is 25.0. The number of carbonyl (C=O) groups is 2. The molecule has 6 rings (SSSR count). The van der Waals surface area contributed by atoms with Crippen LogP contribution in [0.2, 0.25) is 0 Å². The number of rotatable bonds is 8. The van der Waals surface area contributed by atoms with Crippen molar-refractivity contribution in [2.45, 2.75) is 58.2 Å². The largest absolute Gasteiger partial charge is 0.495 e. The van der Waals surface area contributed by atoms with Crippen molar-refractivity contribution in [3.8, 4) is 11.5 Å². The SMILES string of the molecule is COc1ccc2cc1Nc1ccc(cc1)C[C@H](NCc1ccc3c(c1)CCO3)C(=O)N(C)[C@H](C(=O)NCCC(C)C)C2. The van der Waals surface area contributed by atoms with E-state index in [4.69, 9.17) is 9.47 Å². The van der Waals surface area contributed by atoms with Gasteiger partial charge in [-0.1, -0.05) is 44.2 Å². The van der Waals surface area contributed by atoms with Crippen LogP contribution in [0.1, 0.15) is 42.5 Å². The summed E-state index contributed by atoms with van der Waals surface area (Å²) < 4.78 is 11.3. The predicted octanol–water partition coefficient (Wildman–Crippen LogP) is 4.62. The molecule has 0 spiro atoms. The molecule has 2 atom stereocenters. The van der Waals surface area contributed by atoms with Gasteiger partial charge in [0.05, 0.1) is 25.4 Å². The third kappa shape index (κ3) is 7.05. The first-order valence-corrected chi connectivity index (χ1v) is 14.9. The summed E-state index contributed by atoms with van der Waals surface area (Å²) in [4.78, 5) is 29.4. The molecule has 3 heterocycles. The van der Waals surface area contributed by atoms with Gasteiger partial charge >= 0.3 is 0 Å². The molecule has 3 aliphatic rings. The first-order valence-electron chi connectivity index (χ1n) is 14.9. The molecule has 3 aromatic rings. The van der Waals surface area contributed by atoms with Crippen LogP contribution < -0.4 is 25.4 Å². The van der Waals surface area contributed by atoms with Crippen molar-refractivity contribution < 1.29 is 19.1 Å². The molecule has 2 amide bonds. The van der Waals surface area contributed by atoms with Crippen LogP contribution in [0.25, 0.3) is 0 Å². The molecule has 0 aliphatic carbocycles. The number of ether oxygens (including phenoxy) is 2. The van der Waals surface area contributed by atoms with E-state index in [-0.39, 0.29) is 11.8 Å². The van der Waals surface area contributed by atoms with E-state index in [9.17, 15) is 9.59 Å². The Morgan fingerprint density at radius 3 is 2.62 bits per heavy atom. The van der Waals surface area contributed by atoms with Gasteiger partial charge in [0.15, 0.2) is 0 Å². The molecule has 8 heteroatoms. The highest BCUT2D eigenvalue weighted by molar-refractivity contribution is 5.90. The molecule has 0 saturated heterocycles. The summed E-state index contributed by atoms with van der Waals surface area (Å²) in [7, 11) is 3.39. The Morgan fingerprint density at radius 1 is 1.07 bits per heavy atom. The van der Waals surface area contributed by atoms with Gasteiger partial charge in [0.1, 0.15) is 17.5 Å². The van der Waals surface area contributed by atoms with Gasteiger partial charge in [-0.05, 0) is 71.3 Å². The lowest BCUT2D eigenvalue weighted by atomic mass is 9.99. The Morgan fingerprint density at radius 2 is 1.86 bits per heavy atom. The minimum absolute atomic E-state index is 0.114. The number of hydrogen-bond acceptors (Lipinski definition) is 6. The Hall–Kier alpha value is -4.04.